The van der Waals surface area contributed by atoms with Crippen LogP contribution in [-0.4, -0.2) is 73.4 Å². The number of hydrogen-bond acceptors (Lipinski definition) is 6. The molecule has 1 aromatic carbocycles. The van der Waals surface area contributed by atoms with Crippen LogP contribution in [0.2, 0.25) is 0 Å². The van der Waals surface area contributed by atoms with Crippen molar-refractivity contribution in [3.8, 4) is 0 Å². The lowest BCUT2D eigenvalue weighted by molar-refractivity contribution is -0.150. The van der Waals surface area contributed by atoms with E-state index in [0.717, 1.165) is 5.56 Å². The van der Waals surface area contributed by atoms with Crippen molar-refractivity contribution in [2.45, 2.75) is 51.4 Å². The topological polar surface area (TPSA) is 113 Å². The number of hydrogen-bond donors (Lipinski definition) is 1. The molecule has 0 saturated carbocycles. The van der Waals surface area contributed by atoms with E-state index in [1.165, 1.54) is 10.4 Å². The summed E-state index contributed by atoms with van der Waals surface area (Å²) < 4.78 is 31.7. The Labute approximate surface area is 208 Å². The van der Waals surface area contributed by atoms with Crippen molar-refractivity contribution in [2.75, 3.05) is 32.7 Å². The van der Waals surface area contributed by atoms with Gasteiger partial charge in [0.15, 0.2) is 0 Å². The monoisotopic (exact) mass is 507 g/mol. The molecule has 9 nitrogen and oxygen atoms in total. The number of esters is 1. The first kappa shape index (κ1) is 28.5. The number of unbranched alkanes of at least 4 members (excludes halogenated alkanes) is 1. The lowest BCUT2D eigenvalue weighted by Gasteiger charge is -2.36. The van der Waals surface area contributed by atoms with Crippen LogP contribution < -0.4 is 5.32 Å². The lowest BCUT2D eigenvalue weighted by atomic mass is 9.96. The zero-order valence-corrected chi connectivity index (χ0v) is 21.5. The molecule has 0 unspecified atom stereocenters. The number of ether oxygens (including phenoxy) is 1. The molecule has 0 spiro atoms. The van der Waals surface area contributed by atoms with E-state index in [9.17, 15) is 22.8 Å². The van der Waals surface area contributed by atoms with Crippen LogP contribution in [0.15, 0.2) is 43.0 Å². The second-order valence-electron chi connectivity index (χ2n) is 8.86. The number of amides is 2. The second-order valence-corrected chi connectivity index (χ2v) is 11.3. The minimum atomic E-state index is -3.37. The highest BCUT2D eigenvalue weighted by molar-refractivity contribution is 7.89. The molecule has 1 atom stereocenters. The fourth-order valence-electron chi connectivity index (χ4n) is 3.83. The van der Waals surface area contributed by atoms with Crippen molar-refractivity contribution in [1.29, 1.82) is 0 Å². The van der Waals surface area contributed by atoms with Crippen molar-refractivity contribution in [2.24, 2.45) is 5.92 Å². The van der Waals surface area contributed by atoms with Gasteiger partial charge in [0.25, 0.3) is 0 Å². The zero-order valence-electron chi connectivity index (χ0n) is 20.6. The summed E-state index contributed by atoms with van der Waals surface area (Å²) >= 11 is 0. The minimum Gasteiger partial charge on any atom is -0.461 e. The van der Waals surface area contributed by atoms with Crippen LogP contribution in [0.25, 0.3) is 0 Å². The molecular formula is C25H37N3O6S. The summed E-state index contributed by atoms with van der Waals surface area (Å²) in [7, 11) is -3.37. The van der Waals surface area contributed by atoms with Crippen LogP contribution in [-0.2, 0) is 35.8 Å². The highest BCUT2D eigenvalue weighted by atomic mass is 32.2. The van der Waals surface area contributed by atoms with Crippen molar-refractivity contribution < 1.29 is 27.5 Å². The Morgan fingerprint density at radius 3 is 2.34 bits per heavy atom. The van der Waals surface area contributed by atoms with E-state index in [-0.39, 0.29) is 51.0 Å². The number of benzene rings is 1. The summed E-state index contributed by atoms with van der Waals surface area (Å²) in [5.74, 6) is -1.44. The van der Waals surface area contributed by atoms with Crippen LogP contribution in [0.3, 0.4) is 0 Å². The molecule has 0 aromatic heterocycles. The van der Waals surface area contributed by atoms with E-state index in [1.807, 2.05) is 30.3 Å². The van der Waals surface area contributed by atoms with Gasteiger partial charge in [-0.2, -0.15) is 4.31 Å². The summed E-state index contributed by atoms with van der Waals surface area (Å²) in [6.45, 7) is 8.34. The molecule has 1 saturated heterocycles. The number of rotatable bonds is 13. The van der Waals surface area contributed by atoms with Crippen LogP contribution in [0.1, 0.15) is 45.1 Å². The molecule has 1 aromatic rings. The number of sulfonamides is 1. The first-order valence-electron chi connectivity index (χ1n) is 12.0. The molecule has 1 aliphatic rings. The van der Waals surface area contributed by atoms with Gasteiger partial charge in [-0.3, -0.25) is 14.4 Å². The van der Waals surface area contributed by atoms with Crippen molar-refractivity contribution in [1.82, 2.24) is 14.5 Å². The average Bonchev–Trinajstić information content (AvgIpc) is 2.86. The molecule has 0 bridgehead atoms. The zero-order chi connectivity index (χ0) is 25.8. The third-order valence-electron chi connectivity index (χ3n) is 5.97. The number of piperazine rings is 1. The van der Waals surface area contributed by atoms with E-state index in [0.29, 0.717) is 25.8 Å². The third kappa shape index (κ3) is 9.10. The predicted molar refractivity (Wildman–Crippen MR) is 134 cm³/mol. The largest absolute Gasteiger partial charge is 0.461 e. The van der Waals surface area contributed by atoms with Crippen molar-refractivity contribution in [3.05, 3.63) is 48.6 Å². The molecule has 1 aliphatic heterocycles. The highest BCUT2D eigenvalue weighted by Gasteiger charge is 2.33. The number of carbonyl (C=O) groups is 3. The van der Waals surface area contributed by atoms with Crippen LogP contribution >= 0.6 is 0 Å². The van der Waals surface area contributed by atoms with Gasteiger partial charge in [-0.25, -0.2) is 8.42 Å². The van der Waals surface area contributed by atoms with Gasteiger partial charge in [0.2, 0.25) is 21.8 Å². The molecule has 2 amide bonds. The molecule has 0 aliphatic carbocycles. The van der Waals surface area contributed by atoms with Gasteiger partial charge >= 0.3 is 5.97 Å². The average molecular weight is 508 g/mol. The van der Waals surface area contributed by atoms with Gasteiger partial charge < -0.3 is 15.0 Å². The number of nitrogens with zero attached hydrogens (tertiary/aromatic N) is 2. The Morgan fingerprint density at radius 1 is 1.09 bits per heavy atom. The van der Waals surface area contributed by atoms with Gasteiger partial charge in [-0.05, 0) is 38.3 Å². The quantitative estimate of drug-likeness (QED) is 0.249. The predicted octanol–water partition coefficient (Wildman–Crippen LogP) is 2.09. The van der Waals surface area contributed by atoms with E-state index in [4.69, 9.17) is 4.74 Å². The summed E-state index contributed by atoms with van der Waals surface area (Å²) in [5, 5.41) is 2.18. The Morgan fingerprint density at radius 2 is 1.74 bits per heavy atom. The first-order chi connectivity index (χ1) is 16.6. The fraction of sp³-hybridized carbons (Fsp3) is 0.560. The summed E-state index contributed by atoms with van der Waals surface area (Å²) in [4.78, 5) is 38.8. The summed E-state index contributed by atoms with van der Waals surface area (Å²) in [6.07, 6.45) is 2.92. The van der Waals surface area contributed by atoms with Crippen molar-refractivity contribution >= 4 is 27.8 Å². The minimum absolute atomic E-state index is 0.0464. The van der Waals surface area contributed by atoms with Gasteiger partial charge in [-0.1, -0.05) is 43.3 Å². The first-order valence-corrected chi connectivity index (χ1v) is 13.5. The van der Waals surface area contributed by atoms with E-state index < -0.39 is 27.2 Å². The maximum atomic E-state index is 13.3. The van der Waals surface area contributed by atoms with Crippen molar-refractivity contribution in [3.63, 3.8) is 0 Å². The maximum absolute atomic E-state index is 13.3. The Bertz CT molecular complexity index is 957. The third-order valence-corrected chi connectivity index (χ3v) is 8.25. The molecule has 1 fully saturated rings. The Balaban J connectivity index is 1.95. The van der Waals surface area contributed by atoms with Gasteiger partial charge in [0, 0.05) is 38.6 Å². The number of nitrogens with one attached hydrogen (secondary N) is 1. The maximum Gasteiger partial charge on any atom is 0.306 e. The summed E-state index contributed by atoms with van der Waals surface area (Å²) in [6, 6.07) is 9.32. The normalized spacial score (nSPS) is 15.5. The van der Waals surface area contributed by atoms with Crippen LogP contribution in [0, 0.1) is 5.92 Å². The van der Waals surface area contributed by atoms with E-state index in [2.05, 4.69) is 11.9 Å². The fourth-order valence-corrected chi connectivity index (χ4v) is 5.10. The molecule has 194 valence electrons. The van der Waals surface area contributed by atoms with Crippen LogP contribution in [0.4, 0.5) is 0 Å². The molecular weight excluding hydrogens is 470 g/mol. The Hall–Kier alpha value is -2.72. The number of carbonyl (C=O) groups excluding carboxylic acids is 3. The molecule has 1 heterocycles. The van der Waals surface area contributed by atoms with E-state index in [1.54, 1.807) is 18.7 Å². The molecule has 1 N–H and O–H groups in total. The SMILES string of the molecule is C=CC(=O)NCCCC[C@H](CC(=O)OCc1ccccc1)C(=O)N1CCN(S(=O)(=O)C(C)C)CC1. The lowest BCUT2D eigenvalue weighted by Crippen LogP contribution is -2.53. The van der Waals surface area contributed by atoms with E-state index >= 15 is 0 Å². The molecule has 10 heteroatoms. The molecule has 0 radical (unpaired) electrons. The molecule has 35 heavy (non-hydrogen) atoms. The van der Waals surface area contributed by atoms with Gasteiger partial charge in [0.05, 0.1) is 11.7 Å². The second kappa shape index (κ2) is 14.0. The van der Waals surface area contributed by atoms with Gasteiger partial charge in [0.1, 0.15) is 6.61 Å². The van der Waals surface area contributed by atoms with Crippen LogP contribution in [0.5, 0.6) is 0 Å². The standard InChI is InChI=1S/C25H37N3O6S/c1-4-23(29)26-13-9-8-12-22(18-24(30)34-19-21-10-6-5-7-11-21)25(31)27-14-16-28(17-15-27)35(32,33)20(2)3/h4-7,10-11,20,22H,1,8-9,12-19H2,2-3H3,(H,26,29)/t22-/m1/s1. The smallest absolute Gasteiger partial charge is 0.306 e. The highest BCUT2D eigenvalue weighted by Crippen LogP contribution is 2.20. The van der Waals surface area contributed by atoms with Gasteiger partial charge in [-0.15, -0.1) is 0 Å². The summed E-state index contributed by atoms with van der Waals surface area (Å²) in [5.41, 5.74) is 0.865. The Kier molecular flexibility index (Phi) is 11.4. The molecule has 2 rings (SSSR count).